The number of carbonyl (C=O) groups is 1. The number of nitrogens with one attached hydrogen (secondary N) is 1. The van der Waals surface area contributed by atoms with Gasteiger partial charge in [0.1, 0.15) is 0 Å². The Labute approximate surface area is 148 Å². The molecule has 2 N–H and O–H groups in total. The smallest absolute Gasteiger partial charge is 0.225 e. The minimum atomic E-state index is -0.0483. The van der Waals surface area contributed by atoms with Crippen molar-refractivity contribution in [2.24, 2.45) is 0 Å². The van der Waals surface area contributed by atoms with E-state index in [4.69, 9.17) is 0 Å². The van der Waals surface area contributed by atoms with E-state index in [1.54, 1.807) is 6.07 Å². The van der Waals surface area contributed by atoms with Gasteiger partial charge in [-0.25, -0.2) is 0 Å². The van der Waals surface area contributed by atoms with Gasteiger partial charge in [-0.3, -0.25) is 4.79 Å². The summed E-state index contributed by atoms with van der Waals surface area (Å²) < 4.78 is 0. The summed E-state index contributed by atoms with van der Waals surface area (Å²) in [6.45, 7) is -0.0413. The van der Waals surface area contributed by atoms with Crippen LogP contribution >= 0.6 is 0 Å². The molecular weight excluding hydrogens is 310 g/mol. The molecule has 0 saturated carbocycles. The van der Waals surface area contributed by atoms with Crippen LogP contribution in [0.25, 0.3) is 0 Å². The van der Waals surface area contributed by atoms with Crippen molar-refractivity contribution in [3.63, 3.8) is 0 Å². The summed E-state index contributed by atoms with van der Waals surface area (Å²) in [5.41, 5.74) is 3.72. The third-order valence-electron chi connectivity index (χ3n) is 4.19. The van der Waals surface area contributed by atoms with Gasteiger partial charge in [0.2, 0.25) is 5.91 Å². The Bertz CT molecular complexity index is 776. The Hall–Kier alpha value is -2.91. The highest BCUT2D eigenvalue weighted by molar-refractivity contribution is 5.91. The number of hydrogen-bond donors (Lipinski definition) is 2. The molecule has 0 aliphatic carbocycles. The van der Waals surface area contributed by atoms with Crippen LogP contribution in [0, 0.1) is 0 Å². The molecule has 0 atom stereocenters. The second-order valence-electron chi connectivity index (χ2n) is 5.98. The molecule has 0 bridgehead atoms. The average Bonchev–Trinajstić information content (AvgIpc) is 2.67. The molecule has 0 saturated heterocycles. The van der Waals surface area contributed by atoms with Gasteiger partial charge < -0.3 is 10.4 Å². The first-order valence-electron chi connectivity index (χ1n) is 8.36. The minimum Gasteiger partial charge on any atom is -0.392 e. The molecule has 3 aromatic rings. The first-order valence-corrected chi connectivity index (χ1v) is 8.36. The average molecular weight is 331 g/mol. The summed E-state index contributed by atoms with van der Waals surface area (Å²) in [5, 5.41) is 12.2. The van der Waals surface area contributed by atoms with E-state index in [9.17, 15) is 9.90 Å². The standard InChI is InChI=1S/C22H21NO2/c24-16-17-8-7-13-20(14-17)23-22(25)15-21(18-9-3-1-4-10-18)19-11-5-2-6-12-19/h1-14,21,24H,15-16H2,(H,23,25). The number of aliphatic hydroxyl groups is 1. The Balaban J connectivity index is 1.79. The van der Waals surface area contributed by atoms with Crippen molar-refractivity contribution >= 4 is 11.6 Å². The summed E-state index contributed by atoms with van der Waals surface area (Å²) in [6.07, 6.45) is 0.359. The fourth-order valence-electron chi connectivity index (χ4n) is 2.94. The molecule has 0 aromatic heterocycles. The second-order valence-corrected chi connectivity index (χ2v) is 5.98. The number of rotatable bonds is 6. The largest absolute Gasteiger partial charge is 0.392 e. The molecule has 0 unspecified atom stereocenters. The maximum absolute atomic E-state index is 12.6. The summed E-state index contributed by atoms with van der Waals surface area (Å²) in [4.78, 5) is 12.6. The highest BCUT2D eigenvalue weighted by atomic mass is 16.3. The minimum absolute atomic E-state index is 0.00317. The van der Waals surface area contributed by atoms with Crippen LogP contribution in [-0.4, -0.2) is 11.0 Å². The summed E-state index contributed by atoms with van der Waals surface area (Å²) in [7, 11) is 0. The molecule has 3 aromatic carbocycles. The van der Waals surface area contributed by atoms with Gasteiger partial charge >= 0.3 is 0 Å². The van der Waals surface area contributed by atoms with Gasteiger partial charge in [-0.15, -0.1) is 0 Å². The van der Waals surface area contributed by atoms with Crippen molar-refractivity contribution in [1.29, 1.82) is 0 Å². The third-order valence-corrected chi connectivity index (χ3v) is 4.19. The zero-order valence-electron chi connectivity index (χ0n) is 13.9. The van der Waals surface area contributed by atoms with Crippen LogP contribution in [0.15, 0.2) is 84.9 Å². The maximum atomic E-state index is 12.6. The van der Waals surface area contributed by atoms with Crippen LogP contribution in [0.5, 0.6) is 0 Å². The van der Waals surface area contributed by atoms with Crippen LogP contribution in [0.4, 0.5) is 5.69 Å². The van der Waals surface area contributed by atoms with Crippen molar-refractivity contribution < 1.29 is 9.90 Å². The molecule has 25 heavy (non-hydrogen) atoms. The first-order chi connectivity index (χ1) is 12.3. The zero-order valence-corrected chi connectivity index (χ0v) is 13.9. The van der Waals surface area contributed by atoms with E-state index in [1.807, 2.05) is 54.6 Å². The SMILES string of the molecule is O=C(CC(c1ccccc1)c1ccccc1)Nc1cccc(CO)c1. The van der Waals surface area contributed by atoms with Crippen molar-refractivity contribution in [2.45, 2.75) is 18.9 Å². The Kier molecular flexibility index (Phi) is 5.60. The van der Waals surface area contributed by atoms with E-state index >= 15 is 0 Å². The Morgan fingerprint density at radius 2 is 1.44 bits per heavy atom. The van der Waals surface area contributed by atoms with E-state index in [0.29, 0.717) is 12.1 Å². The predicted molar refractivity (Wildman–Crippen MR) is 100 cm³/mol. The number of anilines is 1. The normalized spacial score (nSPS) is 10.6. The lowest BCUT2D eigenvalue weighted by Gasteiger charge is -2.18. The molecule has 0 radical (unpaired) electrons. The van der Waals surface area contributed by atoms with Gasteiger partial charge in [-0.05, 0) is 28.8 Å². The highest BCUT2D eigenvalue weighted by Gasteiger charge is 2.18. The molecule has 3 rings (SSSR count). The number of aliphatic hydroxyl groups excluding tert-OH is 1. The quantitative estimate of drug-likeness (QED) is 0.706. The van der Waals surface area contributed by atoms with Gasteiger partial charge in [0, 0.05) is 18.0 Å². The van der Waals surface area contributed by atoms with Gasteiger partial charge in [-0.2, -0.15) is 0 Å². The molecule has 0 spiro atoms. The van der Waals surface area contributed by atoms with Crippen molar-refractivity contribution in [3.8, 4) is 0 Å². The molecule has 0 aliphatic rings. The Morgan fingerprint density at radius 1 is 0.840 bits per heavy atom. The number of amides is 1. The molecule has 1 amide bonds. The van der Waals surface area contributed by atoms with E-state index in [0.717, 1.165) is 16.7 Å². The van der Waals surface area contributed by atoms with Gasteiger partial charge in [0.25, 0.3) is 0 Å². The molecule has 0 heterocycles. The molecule has 0 aliphatic heterocycles. The number of benzene rings is 3. The van der Waals surface area contributed by atoms with Gasteiger partial charge in [0.15, 0.2) is 0 Å². The molecule has 0 fully saturated rings. The monoisotopic (exact) mass is 331 g/mol. The van der Waals surface area contributed by atoms with Crippen LogP contribution in [-0.2, 0) is 11.4 Å². The number of hydrogen-bond acceptors (Lipinski definition) is 2. The predicted octanol–water partition coefficient (Wildman–Crippen LogP) is 4.34. The van der Waals surface area contributed by atoms with Crippen molar-refractivity contribution in [2.75, 3.05) is 5.32 Å². The fraction of sp³-hybridized carbons (Fsp3) is 0.136. The molecule has 126 valence electrons. The fourth-order valence-corrected chi connectivity index (χ4v) is 2.94. The van der Waals surface area contributed by atoms with Crippen LogP contribution in [0.1, 0.15) is 29.0 Å². The van der Waals surface area contributed by atoms with E-state index in [1.165, 1.54) is 0 Å². The zero-order chi connectivity index (χ0) is 17.5. The molecule has 3 heteroatoms. The topological polar surface area (TPSA) is 49.3 Å². The van der Waals surface area contributed by atoms with Crippen LogP contribution in [0.3, 0.4) is 0 Å². The summed E-state index contributed by atoms with van der Waals surface area (Å²) >= 11 is 0. The lowest BCUT2D eigenvalue weighted by Crippen LogP contribution is -2.16. The summed E-state index contributed by atoms with van der Waals surface area (Å²) in [5.74, 6) is -0.0452. The number of carbonyl (C=O) groups excluding carboxylic acids is 1. The summed E-state index contributed by atoms with van der Waals surface area (Å²) in [6, 6.07) is 27.4. The van der Waals surface area contributed by atoms with E-state index in [-0.39, 0.29) is 18.4 Å². The third kappa shape index (κ3) is 4.55. The lowest BCUT2D eigenvalue weighted by atomic mass is 9.88. The van der Waals surface area contributed by atoms with Crippen LogP contribution < -0.4 is 5.32 Å². The Morgan fingerprint density at radius 3 is 2.00 bits per heavy atom. The highest BCUT2D eigenvalue weighted by Crippen LogP contribution is 2.28. The van der Waals surface area contributed by atoms with E-state index < -0.39 is 0 Å². The molecule has 3 nitrogen and oxygen atoms in total. The maximum Gasteiger partial charge on any atom is 0.225 e. The van der Waals surface area contributed by atoms with Gasteiger partial charge in [0.05, 0.1) is 6.61 Å². The van der Waals surface area contributed by atoms with Crippen molar-refractivity contribution in [3.05, 3.63) is 102 Å². The lowest BCUT2D eigenvalue weighted by molar-refractivity contribution is -0.116. The molecular formula is C22H21NO2. The first kappa shape index (κ1) is 16.9. The van der Waals surface area contributed by atoms with Crippen molar-refractivity contribution in [1.82, 2.24) is 0 Å². The second kappa shape index (κ2) is 8.27. The van der Waals surface area contributed by atoms with E-state index in [2.05, 4.69) is 29.6 Å². The van der Waals surface area contributed by atoms with Crippen LogP contribution in [0.2, 0.25) is 0 Å². The van der Waals surface area contributed by atoms with Gasteiger partial charge in [-0.1, -0.05) is 72.8 Å².